The molecule has 24 heavy (non-hydrogen) atoms. The summed E-state index contributed by atoms with van der Waals surface area (Å²) in [5.74, 6) is -0.270. The molecule has 4 nitrogen and oxygen atoms in total. The molecule has 0 aliphatic carbocycles. The molecule has 0 spiro atoms. The maximum absolute atomic E-state index is 12.7. The summed E-state index contributed by atoms with van der Waals surface area (Å²) in [6.07, 6.45) is 0.853. The minimum absolute atomic E-state index is 0.126. The lowest BCUT2D eigenvalue weighted by Gasteiger charge is -2.30. The van der Waals surface area contributed by atoms with Crippen molar-refractivity contribution in [2.24, 2.45) is 0 Å². The van der Waals surface area contributed by atoms with E-state index in [0.29, 0.717) is 13.1 Å². The van der Waals surface area contributed by atoms with Crippen molar-refractivity contribution in [2.45, 2.75) is 32.9 Å². The molecule has 1 atom stereocenters. The minimum Gasteiger partial charge on any atom is -0.354 e. The summed E-state index contributed by atoms with van der Waals surface area (Å²) in [5, 5.41) is 2.92. The van der Waals surface area contributed by atoms with Gasteiger partial charge in [0.15, 0.2) is 0 Å². The number of nitrogens with one attached hydrogen (secondary N) is 1. The second-order valence-corrected chi connectivity index (χ2v) is 5.74. The highest BCUT2D eigenvalue weighted by Gasteiger charge is 2.29. The maximum atomic E-state index is 12.7. The van der Waals surface area contributed by atoms with Crippen molar-refractivity contribution in [1.29, 1.82) is 0 Å². The normalized spacial score (nSPS) is 11.6. The molecule has 0 aliphatic heterocycles. The molecule has 2 amide bonds. The van der Waals surface area contributed by atoms with Crippen LogP contribution >= 0.6 is 0 Å². The van der Waals surface area contributed by atoms with Crippen LogP contribution in [0.1, 0.15) is 37.4 Å². The number of carbonyl (C=O) groups is 2. The van der Waals surface area contributed by atoms with Gasteiger partial charge in [0.05, 0.1) is 0 Å². The lowest BCUT2D eigenvalue weighted by Crippen LogP contribution is -2.42. The lowest BCUT2D eigenvalue weighted by molar-refractivity contribution is -0.140. The molecule has 2 aromatic rings. The molecule has 0 heterocycles. The molecule has 0 unspecified atom stereocenters. The zero-order valence-electron chi connectivity index (χ0n) is 14.2. The third kappa shape index (κ3) is 4.69. The van der Waals surface area contributed by atoms with Crippen LogP contribution in [0.25, 0.3) is 0 Å². The first kappa shape index (κ1) is 17.7. The van der Waals surface area contributed by atoms with Gasteiger partial charge in [-0.3, -0.25) is 9.59 Å². The van der Waals surface area contributed by atoms with Crippen LogP contribution in [0.4, 0.5) is 0 Å². The Morgan fingerprint density at radius 3 is 2.12 bits per heavy atom. The first-order valence-electron chi connectivity index (χ1n) is 8.27. The number of hydrogen-bond acceptors (Lipinski definition) is 2. The monoisotopic (exact) mass is 324 g/mol. The van der Waals surface area contributed by atoms with Crippen molar-refractivity contribution < 1.29 is 9.59 Å². The van der Waals surface area contributed by atoms with Gasteiger partial charge >= 0.3 is 0 Å². The Bertz CT molecular complexity index is 656. The third-order valence-corrected chi connectivity index (χ3v) is 3.82. The van der Waals surface area contributed by atoms with E-state index in [4.69, 9.17) is 0 Å². The standard InChI is InChI=1S/C20H24N2O2/c1-3-14-21-20(24)19(18-12-8-5-9-13-18)22(16(2)23)15-17-10-6-4-7-11-17/h4-13,19H,3,14-15H2,1-2H3,(H,21,24)/t19-/m0/s1. The Kier molecular flexibility index (Phi) is 6.55. The van der Waals surface area contributed by atoms with Gasteiger partial charge in [-0.25, -0.2) is 0 Å². The average Bonchev–Trinajstić information content (AvgIpc) is 2.61. The molecule has 0 aliphatic rings. The highest BCUT2D eigenvalue weighted by atomic mass is 16.2. The molecule has 0 bridgehead atoms. The van der Waals surface area contributed by atoms with Crippen LogP contribution < -0.4 is 5.32 Å². The van der Waals surface area contributed by atoms with E-state index < -0.39 is 6.04 Å². The number of nitrogens with zero attached hydrogens (tertiary/aromatic N) is 1. The zero-order valence-corrected chi connectivity index (χ0v) is 14.2. The summed E-state index contributed by atoms with van der Waals surface area (Å²) in [6.45, 7) is 4.50. The summed E-state index contributed by atoms with van der Waals surface area (Å²) >= 11 is 0. The second kappa shape index (κ2) is 8.87. The third-order valence-electron chi connectivity index (χ3n) is 3.82. The predicted molar refractivity (Wildman–Crippen MR) is 95.1 cm³/mol. The topological polar surface area (TPSA) is 49.4 Å². The zero-order chi connectivity index (χ0) is 17.4. The molecule has 0 saturated heterocycles. The van der Waals surface area contributed by atoms with Gasteiger partial charge in [-0.15, -0.1) is 0 Å². The molecule has 126 valence electrons. The number of hydrogen-bond donors (Lipinski definition) is 1. The van der Waals surface area contributed by atoms with Crippen molar-refractivity contribution in [3.05, 3.63) is 71.8 Å². The second-order valence-electron chi connectivity index (χ2n) is 5.74. The van der Waals surface area contributed by atoms with Crippen molar-refractivity contribution >= 4 is 11.8 Å². The van der Waals surface area contributed by atoms with Crippen molar-refractivity contribution in [2.75, 3.05) is 6.54 Å². The molecule has 0 radical (unpaired) electrons. The summed E-state index contributed by atoms with van der Waals surface area (Å²) in [4.78, 5) is 26.6. The summed E-state index contributed by atoms with van der Waals surface area (Å²) < 4.78 is 0. The van der Waals surface area contributed by atoms with Gasteiger partial charge in [0.2, 0.25) is 11.8 Å². The first-order valence-corrected chi connectivity index (χ1v) is 8.27. The molecule has 0 aromatic heterocycles. The van der Waals surface area contributed by atoms with Crippen LogP contribution in [0.3, 0.4) is 0 Å². The number of carbonyl (C=O) groups excluding carboxylic acids is 2. The highest BCUT2D eigenvalue weighted by molar-refractivity contribution is 5.88. The van der Waals surface area contributed by atoms with Crippen LogP contribution in [0, 0.1) is 0 Å². The maximum Gasteiger partial charge on any atom is 0.247 e. The van der Waals surface area contributed by atoms with E-state index in [1.165, 1.54) is 6.92 Å². The van der Waals surface area contributed by atoms with Gasteiger partial charge in [-0.2, -0.15) is 0 Å². The van der Waals surface area contributed by atoms with Gasteiger partial charge in [-0.1, -0.05) is 67.6 Å². The summed E-state index contributed by atoms with van der Waals surface area (Å²) in [5.41, 5.74) is 1.81. The van der Waals surface area contributed by atoms with Gasteiger partial charge in [0, 0.05) is 20.0 Å². The molecular formula is C20H24N2O2. The molecule has 1 N–H and O–H groups in total. The van der Waals surface area contributed by atoms with Crippen molar-refractivity contribution in [3.8, 4) is 0 Å². The average molecular weight is 324 g/mol. The SMILES string of the molecule is CCCNC(=O)[C@H](c1ccccc1)N(Cc1ccccc1)C(C)=O. The van der Waals surface area contributed by atoms with Gasteiger partial charge < -0.3 is 10.2 Å². The molecule has 2 rings (SSSR count). The predicted octanol–water partition coefficient (Wildman–Crippen LogP) is 3.30. The summed E-state index contributed by atoms with van der Waals surface area (Å²) in [6, 6.07) is 18.5. The fraction of sp³-hybridized carbons (Fsp3) is 0.300. The lowest BCUT2D eigenvalue weighted by atomic mass is 10.0. The van der Waals surface area contributed by atoms with E-state index in [0.717, 1.165) is 17.5 Å². The fourth-order valence-electron chi connectivity index (χ4n) is 2.62. The quantitative estimate of drug-likeness (QED) is 0.849. The number of amides is 2. The first-order chi connectivity index (χ1) is 11.6. The van der Waals surface area contributed by atoms with Crippen molar-refractivity contribution in [3.63, 3.8) is 0 Å². The van der Waals surface area contributed by atoms with Gasteiger partial charge in [-0.05, 0) is 17.5 Å². The van der Waals surface area contributed by atoms with E-state index in [2.05, 4.69) is 5.32 Å². The molecule has 2 aromatic carbocycles. The van der Waals surface area contributed by atoms with Crippen LogP contribution in [-0.4, -0.2) is 23.3 Å². The van der Waals surface area contributed by atoms with Crippen LogP contribution in [-0.2, 0) is 16.1 Å². The largest absolute Gasteiger partial charge is 0.354 e. The van der Waals surface area contributed by atoms with Gasteiger partial charge in [0.25, 0.3) is 0 Å². The number of benzene rings is 2. The number of rotatable bonds is 7. The Balaban J connectivity index is 2.34. The molecule has 4 heteroatoms. The minimum atomic E-state index is -0.629. The Hall–Kier alpha value is -2.62. The smallest absolute Gasteiger partial charge is 0.247 e. The van der Waals surface area contributed by atoms with E-state index in [1.54, 1.807) is 4.90 Å². The van der Waals surface area contributed by atoms with Crippen LogP contribution in [0.15, 0.2) is 60.7 Å². The molecule has 0 fully saturated rings. The Morgan fingerprint density at radius 1 is 1.00 bits per heavy atom. The summed E-state index contributed by atoms with van der Waals surface area (Å²) in [7, 11) is 0. The van der Waals surface area contributed by atoms with Gasteiger partial charge in [0.1, 0.15) is 6.04 Å². The highest BCUT2D eigenvalue weighted by Crippen LogP contribution is 2.23. The Labute approximate surface area is 143 Å². The van der Waals surface area contributed by atoms with Crippen molar-refractivity contribution in [1.82, 2.24) is 10.2 Å². The van der Waals surface area contributed by atoms with E-state index in [9.17, 15) is 9.59 Å². The molecule has 0 saturated carbocycles. The van der Waals surface area contributed by atoms with Crippen LogP contribution in [0.5, 0.6) is 0 Å². The van der Waals surface area contributed by atoms with E-state index in [-0.39, 0.29) is 11.8 Å². The molecular weight excluding hydrogens is 300 g/mol. The van der Waals surface area contributed by atoms with E-state index in [1.807, 2.05) is 67.6 Å². The van der Waals surface area contributed by atoms with E-state index >= 15 is 0 Å². The van der Waals surface area contributed by atoms with Crippen LogP contribution in [0.2, 0.25) is 0 Å². The Morgan fingerprint density at radius 2 is 1.58 bits per heavy atom. The fourth-order valence-corrected chi connectivity index (χ4v) is 2.62.